The van der Waals surface area contributed by atoms with E-state index in [1.807, 2.05) is 12.3 Å². The fourth-order valence-corrected chi connectivity index (χ4v) is 5.14. The largest absolute Gasteiger partial charge is 0.361 e. The molecule has 1 unspecified atom stereocenters. The van der Waals surface area contributed by atoms with Crippen LogP contribution < -0.4 is 5.32 Å². The van der Waals surface area contributed by atoms with E-state index < -0.39 is 0 Å². The second-order valence-electron chi connectivity index (χ2n) is 9.25. The molecule has 0 aromatic carbocycles. The Bertz CT molecular complexity index is 1090. The van der Waals surface area contributed by atoms with E-state index in [4.69, 9.17) is 5.10 Å². The molecule has 0 saturated heterocycles. The molecular formula is C27H33FN4. The Labute approximate surface area is 190 Å². The van der Waals surface area contributed by atoms with Gasteiger partial charge in [-0.25, -0.2) is 9.37 Å². The number of fused-ring (bicyclic) bond motifs is 2. The number of nitrogens with one attached hydrogen (secondary N) is 1. The minimum Gasteiger partial charge on any atom is -0.361 e. The van der Waals surface area contributed by atoms with Crippen LogP contribution in [0.3, 0.4) is 0 Å². The van der Waals surface area contributed by atoms with Crippen molar-refractivity contribution in [2.24, 2.45) is 5.92 Å². The zero-order valence-corrected chi connectivity index (χ0v) is 19.2. The molecule has 5 heteroatoms. The summed E-state index contributed by atoms with van der Waals surface area (Å²) in [6, 6.07) is 4.38. The SMILES string of the molecule is C\C=C(F)/C(=C\C(=C\CC)C1CC1)c1cc2n(n1)CCCC2Nc1nccc2c1CCC2. The molecule has 1 N–H and O–H groups in total. The summed E-state index contributed by atoms with van der Waals surface area (Å²) in [6.45, 7) is 4.77. The van der Waals surface area contributed by atoms with E-state index in [0.717, 1.165) is 55.9 Å². The van der Waals surface area contributed by atoms with Crippen molar-refractivity contribution in [3.63, 3.8) is 0 Å². The number of hydrogen-bond acceptors (Lipinski definition) is 3. The molecule has 4 nitrogen and oxygen atoms in total. The molecule has 0 radical (unpaired) electrons. The van der Waals surface area contributed by atoms with Gasteiger partial charge in [-0.2, -0.15) is 5.10 Å². The lowest BCUT2D eigenvalue weighted by Crippen LogP contribution is -2.22. The third kappa shape index (κ3) is 4.17. The quantitative estimate of drug-likeness (QED) is 0.494. The predicted molar refractivity (Wildman–Crippen MR) is 128 cm³/mol. The molecular weight excluding hydrogens is 399 g/mol. The summed E-state index contributed by atoms with van der Waals surface area (Å²) in [4.78, 5) is 4.66. The van der Waals surface area contributed by atoms with Crippen molar-refractivity contribution < 1.29 is 4.39 Å². The minimum absolute atomic E-state index is 0.147. The Balaban J connectivity index is 1.48. The van der Waals surface area contributed by atoms with Crippen LogP contribution in [0.5, 0.6) is 0 Å². The van der Waals surface area contributed by atoms with Crippen LogP contribution in [0.25, 0.3) is 5.57 Å². The van der Waals surface area contributed by atoms with E-state index in [-0.39, 0.29) is 11.9 Å². The van der Waals surface area contributed by atoms with E-state index in [2.05, 4.69) is 40.1 Å². The summed E-state index contributed by atoms with van der Waals surface area (Å²) in [7, 11) is 0. The van der Waals surface area contributed by atoms with Crippen LogP contribution in [0.2, 0.25) is 0 Å². The topological polar surface area (TPSA) is 42.7 Å². The molecule has 2 aromatic rings. The summed E-state index contributed by atoms with van der Waals surface area (Å²) in [5.41, 5.74) is 6.51. The first-order valence-electron chi connectivity index (χ1n) is 12.2. The summed E-state index contributed by atoms with van der Waals surface area (Å²) in [5.74, 6) is 1.39. The van der Waals surface area contributed by atoms with Gasteiger partial charge in [-0.3, -0.25) is 4.68 Å². The maximum Gasteiger partial charge on any atom is 0.129 e. The fraction of sp³-hybridized carbons (Fsp3) is 0.481. The van der Waals surface area contributed by atoms with Gasteiger partial charge in [0.15, 0.2) is 0 Å². The van der Waals surface area contributed by atoms with Crippen molar-refractivity contribution in [1.29, 1.82) is 0 Å². The van der Waals surface area contributed by atoms with Crippen molar-refractivity contribution in [3.05, 3.63) is 70.5 Å². The number of aryl methyl sites for hydroxylation is 2. The molecule has 5 rings (SSSR count). The van der Waals surface area contributed by atoms with Crippen LogP contribution in [0.1, 0.15) is 80.9 Å². The van der Waals surface area contributed by atoms with E-state index in [0.29, 0.717) is 11.5 Å². The Morgan fingerprint density at radius 2 is 2.12 bits per heavy atom. The van der Waals surface area contributed by atoms with E-state index in [1.54, 1.807) is 13.0 Å². The highest BCUT2D eigenvalue weighted by atomic mass is 19.1. The molecule has 3 aliphatic rings. The predicted octanol–water partition coefficient (Wildman–Crippen LogP) is 6.72. The first-order chi connectivity index (χ1) is 15.7. The molecule has 0 bridgehead atoms. The summed E-state index contributed by atoms with van der Waals surface area (Å²) in [5, 5.41) is 8.57. The molecule has 2 aromatic heterocycles. The maximum absolute atomic E-state index is 15.0. The van der Waals surface area contributed by atoms with Gasteiger partial charge >= 0.3 is 0 Å². The molecule has 0 spiro atoms. The number of hydrogen-bond donors (Lipinski definition) is 1. The van der Waals surface area contributed by atoms with Gasteiger partial charge in [-0.1, -0.05) is 19.1 Å². The molecule has 3 heterocycles. The Kier molecular flexibility index (Phi) is 5.99. The molecule has 1 saturated carbocycles. The number of pyridine rings is 1. The highest BCUT2D eigenvalue weighted by Crippen LogP contribution is 2.40. The van der Waals surface area contributed by atoms with E-state index >= 15 is 4.39 Å². The van der Waals surface area contributed by atoms with Crippen LogP contribution in [0, 0.1) is 5.92 Å². The Morgan fingerprint density at radius 3 is 2.91 bits per heavy atom. The maximum atomic E-state index is 15.0. The van der Waals surface area contributed by atoms with Crippen LogP contribution in [0.15, 0.2) is 48.0 Å². The highest BCUT2D eigenvalue weighted by Gasteiger charge is 2.28. The average molecular weight is 433 g/mol. The van der Waals surface area contributed by atoms with Gasteiger partial charge in [0.2, 0.25) is 0 Å². The van der Waals surface area contributed by atoms with Gasteiger partial charge in [-0.15, -0.1) is 0 Å². The number of rotatable bonds is 7. The van der Waals surface area contributed by atoms with Gasteiger partial charge in [-0.05, 0) is 99.1 Å². The van der Waals surface area contributed by atoms with Crippen LogP contribution in [-0.4, -0.2) is 14.8 Å². The van der Waals surface area contributed by atoms with E-state index in [9.17, 15) is 0 Å². The van der Waals surface area contributed by atoms with Crippen LogP contribution in [0.4, 0.5) is 10.2 Å². The van der Waals surface area contributed by atoms with Crippen LogP contribution in [-0.2, 0) is 19.4 Å². The average Bonchev–Trinajstić information content (AvgIpc) is 3.36. The molecule has 2 aliphatic carbocycles. The van der Waals surface area contributed by atoms with Crippen molar-refractivity contribution in [3.8, 4) is 0 Å². The normalized spacial score (nSPS) is 21.5. The first kappa shape index (κ1) is 21.2. The second-order valence-corrected chi connectivity index (χ2v) is 9.25. The number of allylic oxidation sites excluding steroid dienone is 6. The Hall–Kier alpha value is -2.69. The fourth-order valence-electron chi connectivity index (χ4n) is 5.14. The van der Waals surface area contributed by atoms with Gasteiger partial charge in [0.05, 0.1) is 17.4 Å². The summed E-state index contributed by atoms with van der Waals surface area (Å²) in [6.07, 6.45) is 16.6. The molecule has 32 heavy (non-hydrogen) atoms. The molecule has 0 amide bonds. The van der Waals surface area contributed by atoms with E-state index in [1.165, 1.54) is 36.0 Å². The minimum atomic E-state index is -0.199. The lowest BCUT2D eigenvalue weighted by molar-refractivity contribution is 0.444. The van der Waals surface area contributed by atoms with Gasteiger partial charge in [0.1, 0.15) is 11.6 Å². The zero-order valence-electron chi connectivity index (χ0n) is 19.2. The zero-order chi connectivity index (χ0) is 22.1. The van der Waals surface area contributed by atoms with Crippen molar-refractivity contribution in [1.82, 2.24) is 14.8 Å². The standard InChI is InChI=1S/C27H33FN4/c1-3-7-20(18-11-12-18)16-22(23(28)4-2)25-17-26-24(10-6-15-32(26)31-25)30-27-21-9-5-8-19(21)13-14-29-27/h4,7,13-14,16-18,24H,3,5-6,8-12,15H2,1-2H3,(H,29,30)/b20-7-,22-16+,23-4+. The first-order valence-corrected chi connectivity index (χ1v) is 12.2. The van der Waals surface area contributed by atoms with Crippen LogP contribution >= 0.6 is 0 Å². The van der Waals surface area contributed by atoms with Gasteiger partial charge in [0, 0.05) is 18.3 Å². The third-order valence-electron chi connectivity index (χ3n) is 6.95. The molecule has 1 aliphatic heterocycles. The summed E-state index contributed by atoms with van der Waals surface area (Å²) < 4.78 is 17.1. The van der Waals surface area contributed by atoms with Gasteiger partial charge < -0.3 is 5.32 Å². The lowest BCUT2D eigenvalue weighted by atomic mass is 10.00. The van der Waals surface area contributed by atoms with Crippen molar-refractivity contribution in [2.45, 2.75) is 77.8 Å². The third-order valence-corrected chi connectivity index (χ3v) is 6.95. The monoisotopic (exact) mass is 432 g/mol. The smallest absolute Gasteiger partial charge is 0.129 e. The molecule has 168 valence electrons. The molecule has 1 atom stereocenters. The number of anilines is 1. The molecule has 1 fully saturated rings. The van der Waals surface area contributed by atoms with Crippen molar-refractivity contribution >= 4 is 11.4 Å². The van der Waals surface area contributed by atoms with Crippen molar-refractivity contribution in [2.75, 3.05) is 5.32 Å². The summed E-state index contributed by atoms with van der Waals surface area (Å²) >= 11 is 0. The number of aromatic nitrogens is 3. The Morgan fingerprint density at radius 1 is 1.25 bits per heavy atom. The highest BCUT2D eigenvalue weighted by molar-refractivity contribution is 5.77. The van der Waals surface area contributed by atoms with Gasteiger partial charge in [0.25, 0.3) is 0 Å². The second kappa shape index (κ2) is 9.05. The number of nitrogens with zero attached hydrogens (tertiary/aromatic N) is 3. The lowest BCUT2D eigenvalue weighted by Gasteiger charge is -2.25. The number of halogens is 1.